The lowest BCUT2D eigenvalue weighted by Gasteiger charge is -2.31. The number of likely N-dealkylation sites (tertiary alicyclic amines) is 1. The van der Waals surface area contributed by atoms with E-state index < -0.39 is 5.91 Å². The Morgan fingerprint density at radius 2 is 1.96 bits per heavy atom. The zero-order valence-corrected chi connectivity index (χ0v) is 14.0. The van der Waals surface area contributed by atoms with Gasteiger partial charge in [-0.05, 0) is 37.4 Å². The second-order valence-corrected chi connectivity index (χ2v) is 6.29. The van der Waals surface area contributed by atoms with Crippen molar-refractivity contribution in [3.05, 3.63) is 64.2 Å². The van der Waals surface area contributed by atoms with Gasteiger partial charge in [-0.3, -0.25) is 14.5 Å². The molecule has 2 heterocycles. The molecule has 0 unspecified atom stereocenters. The fraction of sp³-hybridized carbons (Fsp3) is 0.368. The van der Waals surface area contributed by atoms with Gasteiger partial charge in [0.05, 0.1) is 6.54 Å². The van der Waals surface area contributed by atoms with Gasteiger partial charge in [0.25, 0.3) is 5.91 Å². The standard InChI is InChI=1S/C19H22N2O4/c20-19(23)13-25-18-12-24-16(10-17(18)22)11-21-8-6-15(7-9-21)14-4-2-1-3-5-14/h1-5,10,12,15H,6-9,11,13H2,(H2,20,23). The number of ether oxygens (including phenoxy) is 1. The summed E-state index contributed by atoms with van der Waals surface area (Å²) in [5.41, 5.74) is 6.08. The number of nitrogens with zero attached hydrogens (tertiary/aromatic N) is 1. The first-order chi connectivity index (χ1) is 12.1. The van der Waals surface area contributed by atoms with Gasteiger partial charge in [-0.15, -0.1) is 0 Å². The third-order valence-corrected chi connectivity index (χ3v) is 4.46. The lowest BCUT2D eigenvalue weighted by molar-refractivity contribution is -0.119. The second kappa shape index (κ2) is 7.98. The van der Waals surface area contributed by atoms with Crippen LogP contribution in [0.3, 0.4) is 0 Å². The molecule has 1 fully saturated rings. The van der Waals surface area contributed by atoms with E-state index in [1.54, 1.807) is 0 Å². The Morgan fingerprint density at radius 3 is 2.60 bits per heavy atom. The van der Waals surface area contributed by atoms with Gasteiger partial charge in [-0.2, -0.15) is 0 Å². The third kappa shape index (κ3) is 4.70. The molecular weight excluding hydrogens is 320 g/mol. The molecule has 1 aromatic heterocycles. The summed E-state index contributed by atoms with van der Waals surface area (Å²) in [6.07, 6.45) is 3.43. The van der Waals surface area contributed by atoms with E-state index >= 15 is 0 Å². The van der Waals surface area contributed by atoms with E-state index in [1.165, 1.54) is 17.9 Å². The molecule has 1 aliphatic heterocycles. The third-order valence-electron chi connectivity index (χ3n) is 4.46. The van der Waals surface area contributed by atoms with Gasteiger partial charge in [0.1, 0.15) is 12.0 Å². The summed E-state index contributed by atoms with van der Waals surface area (Å²) in [6.45, 7) is 2.18. The first kappa shape index (κ1) is 17.2. The first-order valence-corrected chi connectivity index (χ1v) is 8.42. The van der Waals surface area contributed by atoms with Crippen LogP contribution < -0.4 is 15.9 Å². The van der Waals surface area contributed by atoms with Crippen molar-refractivity contribution < 1.29 is 13.9 Å². The topological polar surface area (TPSA) is 85.8 Å². The number of rotatable bonds is 6. The average Bonchev–Trinajstić information content (AvgIpc) is 2.62. The Hall–Kier alpha value is -2.60. The molecule has 3 rings (SSSR count). The lowest BCUT2D eigenvalue weighted by atomic mass is 9.89. The molecule has 25 heavy (non-hydrogen) atoms. The Balaban J connectivity index is 1.54. The van der Waals surface area contributed by atoms with Crippen molar-refractivity contribution in [1.82, 2.24) is 4.90 Å². The summed E-state index contributed by atoms with van der Waals surface area (Å²) in [5, 5.41) is 0. The normalized spacial score (nSPS) is 15.8. The van der Waals surface area contributed by atoms with Crippen LogP contribution in [-0.4, -0.2) is 30.5 Å². The number of amides is 1. The number of carbonyl (C=O) groups excluding carboxylic acids is 1. The zero-order chi connectivity index (χ0) is 17.6. The minimum absolute atomic E-state index is 0.00494. The molecule has 2 aromatic rings. The molecule has 1 aliphatic rings. The Morgan fingerprint density at radius 1 is 1.24 bits per heavy atom. The van der Waals surface area contributed by atoms with Crippen LogP contribution in [0, 0.1) is 0 Å². The molecule has 0 bridgehead atoms. The van der Waals surface area contributed by atoms with E-state index in [0.717, 1.165) is 25.9 Å². The molecule has 0 aliphatic carbocycles. The molecule has 0 spiro atoms. The first-order valence-electron chi connectivity index (χ1n) is 8.42. The Kier molecular flexibility index (Phi) is 5.50. The predicted octanol–water partition coefficient (Wildman–Crippen LogP) is 1.88. The fourth-order valence-corrected chi connectivity index (χ4v) is 3.15. The predicted molar refractivity (Wildman–Crippen MR) is 93.4 cm³/mol. The number of primary amides is 1. The largest absolute Gasteiger partial charge is 0.477 e. The molecular formula is C19H22N2O4. The highest BCUT2D eigenvalue weighted by atomic mass is 16.5. The molecule has 132 valence electrons. The summed E-state index contributed by atoms with van der Waals surface area (Å²) >= 11 is 0. The summed E-state index contributed by atoms with van der Waals surface area (Å²) in [5.74, 6) is 0.554. The van der Waals surface area contributed by atoms with Gasteiger partial charge in [-0.1, -0.05) is 30.3 Å². The number of nitrogens with two attached hydrogens (primary N) is 1. The maximum absolute atomic E-state index is 12.0. The highest BCUT2D eigenvalue weighted by molar-refractivity contribution is 5.75. The number of piperidine rings is 1. The zero-order valence-electron chi connectivity index (χ0n) is 14.0. The van der Waals surface area contributed by atoms with Crippen LogP contribution in [0.25, 0.3) is 0 Å². The molecule has 6 heteroatoms. The highest BCUT2D eigenvalue weighted by Gasteiger charge is 2.21. The molecule has 6 nitrogen and oxygen atoms in total. The van der Waals surface area contributed by atoms with Crippen molar-refractivity contribution in [2.45, 2.75) is 25.3 Å². The van der Waals surface area contributed by atoms with Crippen LogP contribution in [0.5, 0.6) is 5.75 Å². The van der Waals surface area contributed by atoms with Crippen molar-refractivity contribution in [1.29, 1.82) is 0 Å². The van der Waals surface area contributed by atoms with Crippen LogP contribution in [0.2, 0.25) is 0 Å². The SMILES string of the molecule is NC(=O)COc1coc(CN2CCC(c3ccccc3)CC2)cc1=O. The van der Waals surface area contributed by atoms with Gasteiger partial charge in [0.2, 0.25) is 11.2 Å². The lowest BCUT2D eigenvalue weighted by Crippen LogP contribution is -2.32. The molecule has 1 amide bonds. The maximum atomic E-state index is 12.0. The molecule has 1 saturated heterocycles. The van der Waals surface area contributed by atoms with Crippen molar-refractivity contribution in [2.75, 3.05) is 19.7 Å². The number of hydrogen-bond donors (Lipinski definition) is 1. The van der Waals surface area contributed by atoms with Crippen LogP contribution in [0.4, 0.5) is 0 Å². The average molecular weight is 342 g/mol. The van der Waals surface area contributed by atoms with Crippen molar-refractivity contribution in [2.24, 2.45) is 5.73 Å². The number of carbonyl (C=O) groups is 1. The van der Waals surface area contributed by atoms with Gasteiger partial charge in [-0.25, -0.2) is 0 Å². The van der Waals surface area contributed by atoms with Crippen LogP contribution in [0.1, 0.15) is 30.1 Å². The van der Waals surface area contributed by atoms with Crippen molar-refractivity contribution >= 4 is 5.91 Å². The number of hydrogen-bond acceptors (Lipinski definition) is 5. The Bertz CT molecular complexity index is 764. The van der Waals surface area contributed by atoms with E-state index in [2.05, 4.69) is 29.2 Å². The fourth-order valence-electron chi connectivity index (χ4n) is 3.15. The van der Waals surface area contributed by atoms with E-state index in [-0.39, 0.29) is 17.8 Å². The molecule has 0 radical (unpaired) electrons. The van der Waals surface area contributed by atoms with E-state index in [4.69, 9.17) is 14.9 Å². The summed E-state index contributed by atoms with van der Waals surface area (Å²) in [4.78, 5) is 25.0. The molecule has 0 saturated carbocycles. The van der Waals surface area contributed by atoms with Gasteiger partial charge >= 0.3 is 0 Å². The van der Waals surface area contributed by atoms with E-state index in [0.29, 0.717) is 18.2 Å². The molecule has 1 aromatic carbocycles. The molecule has 2 N–H and O–H groups in total. The van der Waals surface area contributed by atoms with Crippen LogP contribution in [-0.2, 0) is 11.3 Å². The van der Waals surface area contributed by atoms with Crippen molar-refractivity contribution in [3.63, 3.8) is 0 Å². The van der Waals surface area contributed by atoms with Crippen LogP contribution >= 0.6 is 0 Å². The minimum atomic E-state index is -0.634. The van der Waals surface area contributed by atoms with Crippen molar-refractivity contribution in [3.8, 4) is 5.75 Å². The van der Waals surface area contributed by atoms with Gasteiger partial charge in [0, 0.05) is 6.07 Å². The van der Waals surface area contributed by atoms with E-state index in [9.17, 15) is 9.59 Å². The van der Waals surface area contributed by atoms with Crippen LogP contribution in [0.15, 0.2) is 51.9 Å². The van der Waals surface area contributed by atoms with E-state index in [1.807, 2.05) is 6.07 Å². The molecule has 0 atom stereocenters. The van der Waals surface area contributed by atoms with Gasteiger partial charge < -0.3 is 14.9 Å². The second-order valence-electron chi connectivity index (χ2n) is 6.29. The summed E-state index contributed by atoms with van der Waals surface area (Å²) < 4.78 is 10.5. The summed E-state index contributed by atoms with van der Waals surface area (Å²) in [6, 6.07) is 12.0. The summed E-state index contributed by atoms with van der Waals surface area (Å²) in [7, 11) is 0. The minimum Gasteiger partial charge on any atom is -0.477 e. The highest BCUT2D eigenvalue weighted by Crippen LogP contribution is 2.28. The quantitative estimate of drug-likeness (QED) is 0.866. The monoisotopic (exact) mass is 342 g/mol. The maximum Gasteiger partial charge on any atom is 0.255 e. The van der Waals surface area contributed by atoms with Gasteiger partial charge in [0.15, 0.2) is 6.61 Å². The Labute approximate surface area is 146 Å². The smallest absolute Gasteiger partial charge is 0.255 e. The number of benzene rings is 1.